The number of hydrogen-bond acceptors (Lipinski definition) is 1. The van der Waals surface area contributed by atoms with Crippen molar-refractivity contribution in [2.75, 3.05) is 11.4 Å². The quantitative estimate of drug-likeness (QED) is 0.772. The number of amides is 1. The maximum Gasteiger partial charge on any atom is 0.258 e. The molecule has 1 aliphatic heterocycles. The van der Waals surface area contributed by atoms with E-state index in [1.807, 2.05) is 42.2 Å². The minimum Gasteiger partial charge on any atom is -0.352 e. The third-order valence-corrected chi connectivity index (χ3v) is 4.39. The van der Waals surface area contributed by atoms with Crippen molar-refractivity contribution < 1.29 is 4.79 Å². The van der Waals surface area contributed by atoms with Gasteiger partial charge in [0.1, 0.15) is 0 Å². The smallest absolute Gasteiger partial charge is 0.258 e. The van der Waals surface area contributed by atoms with Crippen LogP contribution < -0.4 is 4.90 Å². The fourth-order valence-corrected chi connectivity index (χ4v) is 2.95. The van der Waals surface area contributed by atoms with Gasteiger partial charge in [-0.25, -0.2) is 0 Å². The van der Waals surface area contributed by atoms with E-state index in [4.69, 9.17) is 0 Å². The summed E-state index contributed by atoms with van der Waals surface area (Å²) in [5, 5.41) is 0. The lowest BCUT2D eigenvalue weighted by atomic mass is 10.0. The van der Waals surface area contributed by atoms with Crippen LogP contribution in [0.1, 0.15) is 29.4 Å². The van der Waals surface area contributed by atoms with Gasteiger partial charge in [-0.15, -0.1) is 0 Å². The molecule has 3 rings (SSSR count). The van der Waals surface area contributed by atoms with Crippen LogP contribution in [-0.2, 0) is 11.8 Å². The van der Waals surface area contributed by atoms with Crippen LogP contribution in [0.4, 0.5) is 5.69 Å². The van der Waals surface area contributed by atoms with Gasteiger partial charge in [0.25, 0.3) is 5.91 Å². The first kappa shape index (κ1) is 13.7. The number of para-hydroxylation sites is 1. The zero-order valence-electron chi connectivity index (χ0n) is 13.0. The topological polar surface area (TPSA) is 25.2 Å². The summed E-state index contributed by atoms with van der Waals surface area (Å²) in [6.07, 6.45) is 2.03. The number of carbonyl (C=O) groups is 1. The Bertz CT molecular complexity index is 753. The molecule has 0 saturated heterocycles. The SMILES string of the molecule is CCN1C(=O)/C(=C\c2cc(C)n(C)c2C)c2ccccc21. The molecule has 0 saturated carbocycles. The maximum atomic E-state index is 12.7. The van der Waals surface area contributed by atoms with Crippen LogP contribution in [0.25, 0.3) is 11.6 Å². The number of likely N-dealkylation sites (N-methyl/N-ethyl adjacent to an activating group) is 1. The summed E-state index contributed by atoms with van der Waals surface area (Å²) in [6, 6.07) is 10.1. The van der Waals surface area contributed by atoms with Crippen LogP contribution in [0.5, 0.6) is 0 Å². The van der Waals surface area contributed by atoms with Crippen molar-refractivity contribution in [2.24, 2.45) is 7.05 Å². The Balaban J connectivity index is 2.16. The lowest BCUT2D eigenvalue weighted by molar-refractivity contribution is -0.112. The Morgan fingerprint density at radius 3 is 2.52 bits per heavy atom. The Morgan fingerprint density at radius 1 is 1.19 bits per heavy atom. The molecule has 0 fully saturated rings. The van der Waals surface area contributed by atoms with E-state index in [1.54, 1.807) is 0 Å². The summed E-state index contributed by atoms with van der Waals surface area (Å²) in [4.78, 5) is 14.5. The highest BCUT2D eigenvalue weighted by Gasteiger charge is 2.30. The lowest BCUT2D eigenvalue weighted by Gasteiger charge is -2.13. The standard InChI is InChI=1S/C18H20N2O/c1-5-20-17-9-7-6-8-15(17)16(18(20)21)11-14-10-12(2)19(4)13(14)3/h6-11H,5H2,1-4H3/b16-11-. The van der Waals surface area contributed by atoms with Gasteiger partial charge in [0, 0.05) is 36.1 Å². The van der Waals surface area contributed by atoms with Crippen molar-refractivity contribution in [3.63, 3.8) is 0 Å². The predicted octanol–water partition coefficient (Wildman–Crippen LogP) is 3.55. The molecule has 1 aromatic carbocycles. The van der Waals surface area contributed by atoms with E-state index < -0.39 is 0 Å². The summed E-state index contributed by atoms with van der Waals surface area (Å²) < 4.78 is 2.15. The monoisotopic (exact) mass is 280 g/mol. The van der Waals surface area contributed by atoms with Gasteiger partial charge >= 0.3 is 0 Å². The molecule has 21 heavy (non-hydrogen) atoms. The second-order valence-corrected chi connectivity index (χ2v) is 5.51. The summed E-state index contributed by atoms with van der Waals surface area (Å²) >= 11 is 0. The van der Waals surface area contributed by atoms with E-state index in [2.05, 4.69) is 31.5 Å². The molecule has 1 aliphatic rings. The summed E-state index contributed by atoms with van der Waals surface area (Å²) in [5.74, 6) is 0.0969. The van der Waals surface area contributed by atoms with Crippen LogP contribution in [0.15, 0.2) is 30.3 Å². The highest BCUT2D eigenvalue weighted by Crippen LogP contribution is 2.37. The second-order valence-electron chi connectivity index (χ2n) is 5.51. The van der Waals surface area contributed by atoms with E-state index in [1.165, 1.54) is 11.4 Å². The fraction of sp³-hybridized carbons (Fsp3) is 0.278. The highest BCUT2D eigenvalue weighted by molar-refractivity contribution is 6.35. The summed E-state index contributed by atoms with van der Waals surface area (Å²) in [5.41, 5.74) is 6.34. The van der Waals surface area contributed by atoms with Crippen LogP contribution in [0, 0.1) is 13.8 Å². The van der Waals surface area contributed by atoms with E-state index in [9.17, 15) is 4.79 Å². The van der Waals surface area contributed by atoms with Gasteiger partial charge in [0.2, 0.25) is 0 Å². The van der Waals surface area contributed by atoms with Gasteiger partial charge in [-0.1, -0.05) is 18.2 Å². The molecule has 0 bridgehead atoms. The summed E-state index contributed by atoms with van der Waals surface area (Å²) in [6.45, 7) is 6.87. The first-order valence-corrected chi connectivity index (χ1v) is 7.30. The molecule has 0 aliphatic carbocycles. The van der Waals surface area contributed by atoms with Crippen molar-refractivity contribution in [3.05, 3.63) is 52.8 Å². The number of aryl methyl sites for hydroxylation is 1. The Kier molecular flexibility index (Phi) is 3.20. The second kappa shape index (κ2) is 4.92. The third kappa shape index (κ3) is 2.00. The van der Waals surface area contributed by atoms with Gasteiger partial charge in [-0.2, -0.15) is 0 Å². The molecule has 2 heterocycles. The Morgan fingerprint density at radius 2 is 1.90 bits per heavy atom. The Hall–Kier alpha value is -2.29. The van der Waals surface area contributed by atoms with Crippen LogP contribution in [0.3, 0.4) is 0 Å². The van der Waals surface area contributed by atoms with Crippen molar-refractivity contribution in [1.82, 2.24) is 4.57 Å². The zero-order valence-corrected chi connectivity index (χ0v) is 13.0. The third-order valence-electron chi connectivity index (χ3n) is 4.39. The van der Waals surface area contributed by atoms with Crippen molar-refractivity contribution >= 4 is 23.2 Å². The summed E-state index contributed by atoms with van der Waals surface area (Å²) in [7, 11) is 2.05. The normalized spacial score (nSPS) is 15.9. The van der Waals surface area contributed by atoms with Crippen molar-refractivity contribution in [3.8, 4) is 0 Å². The number of rotatable bonds is 2. The molecule has 0 N–H and O–H groups in total. The number of anilines is 1. The molecule has 0 spiro atoms. The molecular formula is C18H20N2O. The van der Waals surface area contributed by atoms with Crippen molar-refractivity contribution in [1.29, 1.82) is 0 Å². The highest BCUT2D eigenvalue weighted by atomic mass is 16.2. The van der Waals surface area contributed by atoms with Crippen LogP contribution >= 0.6 is 0 Å². The largest absolute Gasteiger partial charge is 0.352 e. The van der Waals surface area contributed by atoms with E-state index in [0.717, 1.165) is 22.4 Å². The first-order chi connectivity index (χ1) is 10.0. The van der Waals surface area contributed by atoms with Crippen LogP contribution in [0.2, 0.25) is 0 Å². The van der Waals surface area contributed by atoms with E-state index in [0.29, 0.717) is 6.54 Å². The minimum atomic E-state index is 0.0969. The van der Waals surface area contributed by atoms with Gasteiger partial charge in [0.05, 0.1) is 5.69 Å². The molecule has 1 aromatic heterocycles. The fourth-order valence-electron chi connectivity index (χ4n) is 2.95. The minimum absolute atomic E-state index is 0.0969. The first-order valence-electron chi connectivity index (χ1n) is 7.30. The molecule has 3 nitrogen and oxygen atoms in total. The van der Waals surface area contributed by atoms with Gasteiger partial charge < -0.3 is 9.47 Å². The molecule has 0 radical (unpaired) electrons. The molecular weight excluding hydrogens is 260 g/mol. The number of nitrogens with zero attached hydrogens (tertiary/aromatic N) is 2. The van der Waals surface area contributed by atoms with Crippen molar-refractivity contribution in [2.45, 2.75) is 20.8 Å². The van der Waals surface area contributed by atoms with Crippen LogP contribution in [-0.4, -0.2) is 17.0 Å². The average molecular weight is 280 g/mol. The van der Waals surface area contributed by atoms with Gasteiger partial charge in [-0.05, 0) is 44.5 Å². The van der Waals surface area contributed by atoms with Gasteiger partial charge in [-0.3, -0.25) is 4.79 Å². The molecule has 1 amide bonds. The zero-order chi connectivity index (χ0) is 15.1. The number of benzene rings is 1. The number of aromatic nitrogens is 1. The number of hydrogen-bond donors (Lipinski definition) is 0. The Labute approximate surface area is 125 Å². The molecule has 3 heteroatoms. The number of carbonyl (C=O) groups excluding carboxylic acids is 1. The van der Waals surface area contributed by atoms with Gasteiger partial charge in [0.15, 0.2) is 0 Å². The molecule has 0 unspecified atom stereocenters. The van der Waals surface area contributed by atoms with E-state index in [-0.39, 0.29) is 5.91 Å². The van der Waals surface area contributed by atoms with E-state index >= 15 is 0 Å². The lowest BCUT2D eigenvalue weighted by Crippen LogP contribution is -2.25. The average Bonchev–Trinajstić information content (AvgIpc) is 2.89. The molecule has 0 atom stereocenters. The molecule has 108 valence electrons. The molecule has 2 aromatic rings. The number of fused-ring (bicyclic) bond motifs is 1. The predicted molar refractivity (Wildman–Crippen MR) is 87.2 cm³/mol. The maximum absolute atomic E-state index is 12.7.